The van der Waals surface area contributed by atoms with E-state index in [1.54, 1.807) is 6.07 Å². The van der Waals surface area contributed by atoms with E-state index in [-0.39, 0.29) is 30.4 Å². The summed E-state index contributed by atoms with van der Waals surface area (Å²) in [5.41, 5.74) is 7.01. The number of halogens is 2. The molecule has 4 nitrogen and oxygen atoms in total. The molecule has 3 rings (SSSR count). The molecule has 0 aliphatic carbocycles. The van der Waals surface area contributed by atoms with Crippen molar-refractivity contribution in [3.63, 3.8) is 0 Å². The highest BCUT2D eigenvalue weighted by atomic mass is 35.5. The zero-order valence-electron chi connectivity index (χ0n) is 10.8. The van der Waals surface area contributed by atoms with E-state index in [0.29, 0.717) is 11.8 Å². The number of fused-ring (bicyclic) bond motifs is 4. The van der Waals surface area contributed by atoms with Crippen LogP contribution in [-0.2, 0) is 6.54 Å². The Labute approximate surface area is 125 Å². The van der Waals surface area contributed by atoms with Gasteiger partial charge in [-0.3, -0.25) is 4.79 Å². The van der Waals surface area contributed by atoms with E-state index in [9.17, 15) is 4.79 Å². The lowest BCUT2D eigenvalue weighted by Gasteiger charge is -2.42. The maximum Gasteiger partial charge on any atom is 0.250 e. The van der Waals surface area contributed by atoms with Gasteiger partial charge in [0.2, 0.25) is 0 Å². The van der Waals surface area contributed by atoms with Gasteiger partial charge in [-0.1, -0.05) is 6.07 Å². The lowest BCUT2D eigenvalue weighted by atomic mass is 9.83. The van der Waals surface area contributed by atoms with Gasteiger partial charge in [0.05, 0.1) is 0 Å². The van der Waals surface area contributed by atoms with Gasteiger partial charge in [-0.15, -0.1) is 24.8 Å². The van der Waals surface area contributed by atoms with Crippen LogP contribution >= 0.6 is 24.8 Å². The Morgan fingerprint density at radius 2 is 2.00 bits per heavy atom. The van der Waals surface area contributed by atoms with Crippen LogP contribution in [0.1, 0.15) is 18.0 Å². The first-order valence-electron chi connectivity index (χ1n) is 6.40. The molecule has 1 fully saturated rings. The molecule has 19 heavy (non-hydrogen) atoms. The molecule has 0 aromatic carbocycles. The predicted octanol–water partition coefficient (Wildman–Crippen LogP) is 1.07. The Balaban J connectivity index is 0.000000902. The van der Waals surface area contributed by atoms with Gasteiger partial charge in [0, 0.05) is 50.4 Å². The van der Waals surface area contributed by atoms with Crippen LogP contribution in [0.2, 0.25) is 0 Å². The smallest absolute Gasteiger partial charge is 0.250 e. The number of aromatic nitrogens is 1. The van der Waals surface area contributed by atoms with Crippen molar-refractivity contribution in [1.82, 2.24) is 9.47 Å². The first-order chi connectivity index (χ1) is 8.28. The lowest BCUT2D eigenvalue weighted by molar-refractivity contribution is 0.123. The standard InChI is InChI=1S/C13H19N3O.2ClH/c14-4-5-15-7-10-6-11(9-15)12-2-1-3-13(17)16(12)8-10;;/h1-3,10-11H,4-9,14H2;2*1H/t10-,11-;;/m0../s1. The second-order valence-corrected chi connectivity index (χ2v) is 5.25. The van der Waals surface area contributed by atoms with Gasteiger partial charge in [-0.2, -0.15) is 0 Å². The van der Waals surface area contributed by atoms with Crippen LogP contribution < -0.4 is 11.3 Å². The Kier molecular flexibility index (Phi) is 5.86. The number of likely N-dealkylation sites (tertiary alicyclic amines) is 1. The van der Waals surface area contributed by atoms with Gasteiger partial charge < -0.3 is 15.2 Å². The normalized spacial score (nSPS) is 24.9. The highest BCUT2D eigenvalue weighted by Crippen LogP contribution is 2.34. The zero-order chi connectivity index (χ0) is 11.8. The van der Waals surface area contributed by atoms with Crippen molar-refractivity contribution in [3.8, 4) is 0 Å². The molecule has 2 aliphatic heterocycles. The molecule has 3 heterocycles. The fourth-order valence-corrected chi connectivity index (χ4v) is 3.36. The topological polar surface area (TPSA) is 51.3 Å². The predicted molar refractivity (Wildman–Crippen MR) is 81.5 cm³/mol. The summed E-state index contributed by atoms with van der Waals surface area (Å²) in [6.45, 7) is 4.73. The number of hydrogen-bond donors (Lipinski definition) is 1. The quantitative estimate of drug-likeness (QED) is 0.889. The summed E-state index contributed by atoms with van der Waals surface area (Å²) in [5.74, 6) is 1.14. The van der Waals surface area contributed by atoms with Crippen molar-refractivity contribution in [2.75, 3.05) is 26.2 Å². The highest BCUT2D eigenvalue weighted by Gasteiger charge is 2.33. The molecule has 2 atom stereocenters. The van der Waals surface area contributed by atoms with E-state index in [2.05, 4.69) is 11.0 Å². The summed E-state index contributed by atoms with van der Waals surface area (Å²) < 4.78 is 1.97. The number of piperidine rings is 1. The minimum atomic E-state index is 0. The molecule has 2 bridgehead atoms. The first kappa shape index (κ1) is 16.5. The number of nitrogens with two attached hydrogens (primary N) is 1. The monoisotopic (exact) mass is 305 g/mol. The molecular formula is C13H21Cl2N3O. The summed E-state index contributed by atoms with van der Waals surface area (Å²) in [4.78, 5) is 14.3. The van der Waals surface area contributed by atoms with Crippen molar-refractivity contribution in [2.24, 2.45) is 11.7 Å². The molecule has 0 radical (unpaired) electrons. The molecule has 0 spiro atoms. The Morgan fingerprint density at radius 1 is 1.21 bits per heavy atom. The molecular weight excluding hydrogens is 285 g/mol. The molecule has 6 heteroatoms. The van der Waals surface area contributed by atoms with E-state index in [4.69, 9.17) is 5.73 Å². The van der Waals surface area contributed by atoms with Crippen molar-refractivity contribution in [3.05, 3.63) is 34.2 Å². The fourth-order valence-electron chi connectivity index (χ4n) is 3.36. The second kappa shape index (κ2) is 6.75. The van der Waals surface area contributed by atoms with Crippen LogP contribution in [-0.4, -0.2) is 35.6 Å². The summed E-state index contributed by atoms with van der Waals surface area (Å²) >= 11 is 0. The third kappa shape index (κ3) is 3.14. The van der Waals surface area contributed by atoms with Crippen molar-refractivity contribution < 1.29 is 0 Å². The maximum absolute atomic E-state index is 11.8. The Bertz CT molecular complexity index is 477. The number of pyridine rings is 1. The average molecular weight is 306 g/mol. The van der Waals surface area contributed by atoms with Crippen LogP contribution in [0.25, 0.3) is 0 Å². The van der Waals surface area contributed by atoms with Crippen molar-refractivity contribution in [1.29, 1.82) is 0 Å². The SMILES string of the molecule is Cl.Cl.NCCN1C[C@@H]2C[C@@H](C1)c1cccc(=O)n1C2. The zero-order valence-corrected chi connectivity index (χ0v) is 12.5. The van der Waals surface area contributed by atoms with Crippen LogP contribution in [0.15, 0.2) is 23.0 Å². The highest BCUT2D eigenvalue weighted by molar-refractivity contribution is 5.85. The van der Waals surface area contributed by atoms with E-state index in [1.165, 1.54) is 12.1 Å². The summed E-state index contributed by atoms with van der Waals surface area (Å²) in [6, 6.07) is 5.66. The number of nitrogens with zero attached hydrogens (tertiary/aromatic N) is 2. The molecule has 0 amide bonds. The second-order valence-electron chi connectivity index (χ2n) is 5.25. The maximum atomic E-state index is 11.8. The van der Waals surface area contributed by atoms with Gasteiger partial charge in [-0.25, -0.2) is 0 Å². The molecule has 1 saturated heterocycles. The minimum Gasteiger partial charge on any atom is -0.329 e. The molecule has 0 unspecified atom stereocenters. The molecule has 1 aromatic heterocycles. The van der Waals surface area contributed by atoms with Crippen LogP contribution in [0.3, 0.4) is 0 Å². The average Bonchev–Trinajstić information content (AvgIpc) is 2.31. The molecule has 108 valence electrons. The van der Waals surface area contributed by atoms with Crippen LogP contribution in [0, 0.1) is 5.92 Å². The summed E-state index contributed by atoms with van der Waals surface area (Å²) in [7, 11) is 0. The van der Waals surface area contributed by atoms with Gasteiger partial charge in [-0.05, 0) is 18.4 Å². The number of hydrogen-bond acceptors (Lipinski definition) is 3. The van der Waals surface area contributed by atoms with Gasteiger partial charge in [0.15, 0.2) is 0 Å². The van der Waals surface area contributed by atoms with E-state index in [0.717, 1.165) is 32.7 Å². The van der Waals surface area contributed by atoms with Gasteiger partial charge >= 0.3 is 0 Å². The van der Waals surface area contributed by atoms with Gasteiger partial charge in [0.25, 0.3) is 5.56 Å². The van der Waals surface area contributed by atoms with Gasteiger partial charge in [0.1, 0.15) is 0 Å². The molecule has 0 saturated carbocycles. The Morgan fingerprint density at radius 3 is 2.74 bits per heavy atom. The van der Waals surface area contributed by atoms with E-state index >= 15 is 0 Å². The van der Waals surface area contributed by atoms with E-state index < -0.39 is 0 Å². The largest absolute Gasteiger partial charge is 0.329 e. The summed E-state index contributed by atoms with van der Waals surface area (Å²) in [5, 5.41) is 0. The van der Waals surface area contributed by atoms with E-state index in [1.807, 2.05) is 10.6 Å². The molecule has 2 N–H and O–H groups in total. The molecule has 2 aliphatic rings. The minimum absolute atomic E-state index is 0. The Hall–Kier alpha value is -0.550. The van der Waals surface area contributed by atoms with Crippen LogP contribution in [0.5, 0.6) is 0 Å². The lowest BCUT2D eigenvalue weighted by Crippen LogP contribution is -2.48. The fraction of sp³-hybridized carbons (Fsp3) is 0.615. The third-order valence-corrected chi connectivity index (χ3v) is 4.00. The summed E-state index contributed by atoms with van der Waals surface area (Å²) in [6.07, 6.45) is 1.23. The van der Waals surface area contributed by atoms with Crippen LogP contribution in [0.4, 0.5) is 0 Å². The third-order valence-electron chi connectivity index (χ3n) is 4.00. The first-order valence-corrected chi connectivity index (χ1v) is 6.40. The number of rotatable bonds is 2. The van der Waals surface area contributed by atoms with Crippen molar-refractivity contribution in [2.45, 2.75) is 18.9 Å². The molecule has 1 aromatic rings. The van der Waals surface area contributed by atoms with Crippen molar-refractivity contribution >= 4 is 24.8 Å².